The Bertz CT molecular complexity index is 607. The van der Waals surface area contributed by atoms with Gasteiger partial charge in [-0.2, -0.15) is 0 Å². The lowest BCUT2D eigenvalue weighted by Gasteiger charge is -2.04. The van der Waals surface area contributed by atoms with Gasteiger partial charge in [0, 0.05) is 4.88 Å². The number of rotatable bonds is 4. The maximum Gasteiger partial charge on any atom is 0.336 e. The van der Waals surface area contributed by atoms with Gasteiger partial charge in [-0.1, -0.05) is 12.1 Å². The Morgan fingerprint density at radius 1 is 1.28 bits per heavy atom. The standard InChI is InChI=1S/C12H9BrO3S2/c13-11-6-5-8(17-11)7-18(16)10-4-2-1-3-9(10)12(14)15/h1-6H,7H2,(H,14,15). The lowest BCUT2D eigenvalue weighted by atomic mass is 10.2. The molecule has 6 heteroatoms. The number of hydrogen-bond acceptors (Lipinski definition) is 3. The van der Waals surface area contributed by atoms with Gasteiger partial charge < -0.3 is 5.11 Å². The molecule has 0 aliphatic rings. The van der Waals surface area contributed by atoms with Crippen LogP contribution in [0.1, 0.15) is 15.2 Å². The molecule has 0 saturated heterocycles. The number of aromatic carboxylic acids is 1. The van der Waals surface area contributed by atoms with E-state index in [1.54, 1.807) is 18.2 Å². The first-order valence-electron chi connectivity index (χ1n) is 5.03. The van der Waals surface area contributed by atoms with Gasteiger partial charge in [-0.25, -0.2) is 4.79 Å². The highest BCUT2D eigenvalue weighted by Crippen LogP contribution is 2.25. The maximum absolute atomic E-state index is 12.2. The molecule has 1 aromatic heterocycles. The van der Waals surface area contributed by atoms with E-state index >= 15 is 0 Å². The van der Waals surface area contributed by atoms with Crippen LogP contribution in [0.2, 0.25) is 0 Å². The lowest BCUT2D eigenvalue weighted by Crippen LogP contribution is -2.05. The van der Waals surface area contributed by atoms with E-state index in [9.17, 15) is 9.00 Å². The summed E-state index contributed by atoms with van der Waals surface area (Å²) in [6.45, 7) is 0. The van der Waals surface area contributed by atoms with Crippen LogP contribution in [-0.4, -0.2) is 15.3 Å². The van der Waals surface area contributed by atoms with Crippen LogP contribution in [-0.2, 0) is 16.6 Å². The molecule has 1 N–H and O–H groups in total. The number of thiophene rings is 1. The molecule has 0 radical (unpaired) electrons. The van der Waals surface area contributed by atoms with Crippen molar-refractivity contribution in [1.29, 1.82) is 0 Å². The lowest BCUT2D eigenvalue weighted by molar-refractivity contribution is 0.0693. The van der Waals surface area contributed by atoms with Crippen LogP contribution in [0, 0.1) is 0 Å². The molecule has 1 heterocycles. The molecule has 0 amide bonds. The normalized spacial score (nSPS) is 12.3. The minimum atomic E-state index is -1.34. The molecule has 1 aromatic carbocycles. The van der Waals surface area contributed by atoms with Crippen molar-refractivity contribution in [3.05, 3.63) is 50.6 Å². The zero-order valence-corrected chi connectivity index (χ0v) is 12.3. The highest BCUT2D eigenvalue weighted by molar-refractivity contribution is 9.11. The SMILES string of the molecule is O=C(O)c1ccccc1S(=O)Cc1ccc(Br)s1. The van der Waals surface area contributed by atoms with E-state index in [0.717, 1.165) is 8.66 Å². The summed E-state index contributed by atoms with van der Waals surface area (Å²) in [6, 6.07) is 10.2. The van der Waals surface area contributed by atoms with Gasteiger partial charge in [0.05, 0.1) is 30.8 Å². The molecule has 0 fully saturated rings. The number of hydrogen-bond donors (Lipinski definition) is 1. The van der Waals surface area contributed by atoms with Crippen LogP contribution < -0.4 is 0 Å². The first kappa shape index (κ1) is 13.5. The van der Waals surface area contributed by atoms with Crippen molar-refractivity contribution >= 4 is 44.0 Å². The molecule has 1 unspecified atom stereocenters. The predicted molar refractivity (Wildman–Crippen MR) is 75.5 cm³/mol. The molecule has 0 aliphatic carbocycles. The van der Waals surface area contributed by atoms with E-state index in [2.05, 4.69) is 15.9 Å². The van der Waals surface area contributed by atoms with Gasteiger partial charge >= 0.3 is 5.97 Å². The summed E-state index contributed by atoms with van der Waals surface area (Å²) in [4.78, 5) is 12.4. The largest absolute Gasteiger partial charge is 0.478 e. The Morgan fingerprint density at radius 3 is 2.61 bits per heavy atom. The Labute approximate surface area is 119 Å². The Hall–Kier alpha value is -0.980. The second kappa shape index (κ2) is 5.77. The number of carboxylic acids is 1. The van der Waals surface area contributed by atoms with Gasteiger partial charge in [-0.15, -0.1) is 11.3 Å². The average molecular weight is 345 g/mol. The second-order valence-corrected chi connectivity index (χ2v) is 7.46. The smallest absolute Gasteiger partial charge is 0.336 e. The summed E-state index contributed by atoms with van der Waals surface area (Å²) in [5.74, 6) is -0.716. The van der Waals surface area contributed by atoms with Crippen LogP contribution >= 0.6 is 27.3 Å². The van der Waals surface area contributed by atoms with Gasteiger partial charge in [0.2, 0.25) is 0 Å². The second-order valence-electron chi connectivity index (χ2n) is 3.50. The summed E-state index contributed by atoms with van der Waals surface area (Å²) in [7, 11) is -1.34. The van der Waals surface area contributed by atoms with Gasteiger partial charge in [0.1, 0.15) is 0 Å². The summed E-state index contributed by atoms with van der Waals surface area (Å²) in [6.07, 6.45) is 0. The number of carboxylic acid groups (broad SMARTS) is 1. The summed E-state index contributed by atoms with van der Waals surface area (Å²) >= 11 is 4.84. The summed E-state index contributed by atoms with van der Waals surface area (Å²) in [5, 5.41) is 9.05. The number of carbonyl (C=O) groups is 1. The molecule has 3 nitrogen and oxygen atoms in total. The first-order valence-corrected chi connectivity index (χ1v) is 7.95. The number of halogens is 1. The summed E-state index contributed by atoms with van der Waals surface area (Å²) in [5.41, 5.74) is 0.103. The third-order valence-corrected chi connectivity index (χ3v) is 5.49. The van der Waals surface area contributed by atoms with Crippen LogP contribution in [0.25, 0.3) is 0 Å². The van der Waals surface area contributed by atoms with Crippen molar-refractivity contribution in [2.45, 2.75) is 10.6 Å². The van der Waals surface area contributed by atoms with Crippen LogP contribution in [0.3, 0.4) is 0 Å². The third-order valence-electron chi connectivity index (χ3n) is 2.26. The van der Waals surface area contributed by atoms with E-state index in [0.29, 0.717) is 10.6 Å². The molecule has 94 valence electrons. The molecule has 2 aromatic rings. The number of benzene rings is 1. The molecule has 2 rings (SSSR count). The van der Waals surface area contributed by atoms with Gasteiger partial charge in [0.15, 0.2) is 0 Å². The van der Waals surface area contributed by atoms with Crippen molar-refractivity contribution in [3.8, 4) is 0 Å². The minimum Gasteiger partial charge on any atom is -0.478 e. The van der Waals surface area contributed by atoms with E-state index in [1.165, 1.54) is 17.4 Å². The van der Waals surface area contributed by atoms with E-state index < -0.39 is 16.8 Å². The fourth-order valence-electron chi connectivity index (χ4n) is 1.48. The highest BCUT2D eigenvalue weighted by atomic mass is 79.9. The van der Waals surface area contributed by atoms with Crippen molar-refractivity contribution in [2.24, 2.45) is 0 Å². The monoisotopic (exact) mass is 344 g/mol. The van der Waals surface area contributed by atoms with Crippen molar-refractivity contribution < 1.29 is 14.1 Å². The highest BCUT2D eigenvalue weighted by Gasteiger charge is 2.15. The fraction of sp³-hybridized carbons (Fsp3) is 0.0833. The van der Waals surface area contributed by atoms with Gasteiger partial charge in [0.25, 0.3) is 0 Å². The van der Waals surface area contributed by atoms with Crippen molar-refractivity contribution in [1.82, 2.24) is 0 Å². The van der Waals surface area contributed by atoms with Crippen LogP contribution in [0.4, 0.5) is 0 Å². The molecule has 0 saturated carbocycles. The van der Waals surface area contributed by atoms with Crippen molar-refractivity contribution in [2.75, 3.05) is 0 Å². The maximum atomic E-state index is 12.2. The average Bonchev–Trinajstić information content (AvgIpc) is 2.74. The molecular weight excluding hydrogens is 336 g/mol. The Kier molecular flexibility index (Phi) is 4.31. The van der Waals surface area contributed by atoms with Gasteiger partial charge in [-0.3, -0.25) is 4.21 Å². The molecule has 18 heavy (non-hydrogen) atoms. The van der Waals surface area contributed by atoms with E-state index in [1.807, 2.05) is 12.1 Å². The molecular formula is C12H9BrO3S2. The van der Waals surface area contributed by atoms with E-state index in [-0.39, 0.29) is 5.56 Å². The topological polar surface area (TPSA) is 54.4 Å². The predicted octanol–water partition coefficient (Wildman–Crippen LogP) is 3.52. The van der Waals surface area contributed by atoms with Crippen LogP contribution in [0.5, 0.6) is 0 Å². The zero-order chi connectivity index (χ0) is 13.1. The molecule has 0 bridgehead atoms. The van der Waals surface area contributed by atoms with Crippen LogP contribution in [0.15, 0.2) is 45.1 Å². The molecule has 1 atom stereocenters. The minimum absolute atomic E-state index is 0.103. The molecule has 0 spiro atoms. The Morgan fingerprint density at radius 2 is 2.00 bits per heavy atom. The zero-order valence-electron chi connectivity index (χ0n) is 9.13. The molecule has 0 aliphatic heterocycles. The first-order chi connectivity index (χ1) is 8.58. The van der Waals surface area contributed by atoms with E-state index in [4.69, 9.17) is 5.11 Å². The Balaban J connectivity index is 2.26. The van der Waals surface area contributed by atoms with Crippen molar-refractivity contribution in [3.63, 3.8) is 0 Å². The quantitative estimate of drug-likeness (QED) is 0.923. The van der Waals surface area contributed by atoms with Gasteiger partial charge in [-0.05, 0) is 40.2 Å². The third kappa shape index (κ3) is 3.07. The fourth-order valence-corrected chi connectivity index (χ4v) is 4.45. The summed E-state index contributed by atoms with van der Waals surface area (Å²) < 4.78 is 13.2.